The van der Waals surface area contributed by atoms with Gasteiger partial charge in [0.2, 0.25) is 0 Å². The number of likely N-dealkylation sites (tertiary alicyclic amines) is 1. The topological polar surface area (TPSA) is 85.4 Å². The maximum atomic E-state index is 12.4. The van der Waals surface area contributed by atoms with Crippen LogP contribution in [0, 0.1) is 0 Å². The van der Waals surface area contributed by atoms with Crippen LogP contribution in [0.2, 0.25) is 0 Å². The van der Waals surface area contributed by atoms with Crippen LogP contribution in [0.4, 0.5) is 0 Å². The van der Waals surface area contributed by atoms with Gasteiger partial charge in [-0.05, 0) is 43.7 Å². The lowest BCUT2D eigenvalue weighted by Gasteiger charge is -2.35. The predicted octanol–water partition coefficient (Wildman–Crippen LogP) is 1.59. The zero-order chi connectivity index (χ0) is 17.6. The van der Waals surface area contributed by atoms with E-state index < -0.39 is 11.8 Å². The monoisotopic (exact) mass is 343 g/mol. The summed E-state index contributed by atoms with van der Waals surface area (Å²) in [5.74, 6) is -1.03. The van der Waals surface area contributed by atoms with Crippen molar-refractivity contribution >= 4 is 22.7 Å². The number of nitrogens with one attached hydrogen (secondary N) is 2. The van der Waals surface area contributed by atoms with Crippen LogP contribution < -0.4 is 5.32 Å². The van der Waals surface area contributed by atoms with Gasteiger partial charge in [0, 0.05) is 42.8 Å². The van der Waals surface area contributed by atoms with E-state index in [1.807, 2.05) is 30.5 Å². The number of carbonyl (C=O) groups excluding carboxylic acids is 2. The van der Waals surface area contributed by atoms with E-state index in [0.29, 0.717) is 25.9 Å². The molecule has 3 rings (SSSR count). The van der Waals surface area contributed by atoms with Crippen LogP contribution in [0.25, 0.3) is 10.9 Å². The molecule has 6 nitrogen and oxygen atoms in total. The van der Waals surface area contributed by atoms with Gasteiger partial charge in [-0.2, -0.15) is 0 Å². The summed E-state index contributed by atoms with van der Waals surface area (Å²) < 4.78 is 0. The van der Waals surface area contributed by atoms with Gasteiger partial charge in [-0.3, -0.25) is 9.59 Å². The Labute approximate surface area is 147 Å². The molecule has 6 heteroatoms. The average Bonchev–Trinajstić information content (AvgIpc) is 3.05. The van der Waals surface area contributed by atoms with Crippen LogP contribution in [0.5, 0.6) is 0 Å². The fourth-order valence-corrected chi connectivity index (χ4v) is 3.57. The first-order valence-corrected chi connectivity index (χ1v) is 8.95. The third-order valence-corrected chi connectivity index (χ3v) is 4.90. The van der Waals surface area contributed by atoms with Gasteiger partial charge in [-0.15, -0.1) is 0 Å². The van der Waals surface area contributed by atoms with Gasteiger partial charge in [-0.25, -0.2) is 0 Å². The van der Waals surface area contributed by atoms with Crippen molar-refractivity contribution < 1.29 is 14.7 Å². The first kappa shape index (κ1) is 17.5. The number of aromatic amines is 1. The molecule has 2 amide bonds. The number of amides is 2. The maximum Gasteiger partial charge on any atom is 0.312 e. The third-order valence-electron chi connectivity index (χ3n) is 4.90. The quantitative estimate of drug-likeness (QED) is 0.721. The first-order chi connectivity index (χ1) is 12.2. The summed E-state index contributed by atoms with van der Waals surface area (Å²) in [6, 6.07) is 8.00. The standard InChI is InChI=1S/C19H25N3O3/c23-12-9-15-5-3-4-11-22(15)19(25)18(24)20-10-8-14-13-21-17-7-2-1-6-16(14)17/h1-2,6-7,13,15,21,23H,3-5,8-12H2,(H,20,24). The second kappa shape index (κ2) is 8.16. The van der Waals surface area contributed by atoms with E-state index in [4.69, 9.17) is 5.11 Å². The Morgan fingerprint density at radius 1 is 1.28 bits per heavy atom. The van der Waals surface area contributed by atoms with Gasteiger partial charge in [-0.1, -0.05) is 18.2 Å². The molecule has 1 aromatic heterocycles. The van der Waals surface area contributed by atoms with Crippen molar-refractivity contribution in [1.29, 1.82) is 0 Å². The molecule has 1 unspecified atom stereocenters. The lowest BCUT2D eigenvalue weighted by atomic mass is 9.99. The molecular formula is C19H25N3O3. The highest BCUT2D eigenvalue weighted by atomic mass is 16.3. The molecule has 2 aromatic rings. The van der Waals surface area contributed by atoms with Crippen molar-refractivity contribution in [2.24, 2.45) is 0 Å². The largest absolute Gasteiger partial charge is 0.396 e. The Balaban J connectivity index is 1.54. The van der Waals surface area contributed by atoms with Crippen molar-refractivity contribution in [2.75, 3.05) is 19.7 Å². The zero-order valence-electron chi connectivity index (χ0n) is 14.3. The normalized spacial score (nSPS) is 17.6. The molecule has 25 heavy (non-hydrogen) atoms. The van der Waals surface area contributed by atoms with Gasteiger partial charge in [0.15, 0.2) is 0 Å². The van der Waals surface area contributed by atoms with E-state index in [1.165, 1.54) is 0 Å². The molecule has 2 heterocycles. The smallest absolute Gasteiger partial charge is 0.312 e. The molecule has 0 bridgehead atoms. The Kier molecular flexibility index (Phi) is 5.71. The van der Waals surface area contributed by atoms with Crippen LogP contribution in [-0.2, 0) is 16.0 Å². The van der Waals surface area contributed by atoms with Gasteiger partial charge < -0.3 is 20.3 Å². The molecule has 0 saturated carbocycles. The molecule has 0 radical (unpaired) electrons. The van der Waals surface area contributed by atoms with E-state index in [0.717, 1.165) is 35.7 Å². The number of piperidine rings is 1. The lowest BCUT2D eigenvalue weighted by Crippen LogP contribution is -2.50. The predicted molar refractivity (Wildman–Crippen MR) is 96.1 cm³/mol. The minimum absolute atomic E-state index is 0.0226. The summed E-state index contributed by atoms with van der Waals surface area (Å²) in [5.41, 5.74) is 2.19. The summed E-state index contributed by atoms with van der Waals surface area (Å²) in [7, 11) is 0. The number of hydrogen-bond acceptors (Lipinski definition) is 3. The molecule has 0 aliphatic carbocycles. The molecule has 1 fully saturated rings. The van der Waals surface area contributed by atoms with E-state index in [9.17, 15) is 9.59 Å². The van der Waals surface area contributed by atoms with Crippen molar-refractivity contribution in [2.45, 2.75) is 38.1 Å². The molecule has 0 spiro atoms. The molecule has 1 aliphatic rings. The number of hydrogen-bond donors (Lipinski definition) is 3. The number of nitrogens with zero attached hydrogens (tertiary/aromatic N) is 1. The Morgan fingerprint density at radius 3 is 2.96 bits per heavy atom. The Morgan fingerprint density at radius 2 is 2.12 bits per heavy atom. The van der Waals surface area contributed by atoms with E-state index in [1.54, 1.807) is 4.90 Å². The average molecular weight is 343 g/mol. The lowest BCUT2D eigenvalue weighted by molar-refractivity contribution is -0.148. The summed E-state index contributed by atoms with van der Waals surface area (Å²) in [6.07, 6.45) is 5.96. The molecular weight excluding hydrogens is 318 g/mol. The fraction of sp³-hybridized carbons (Fsp3) is 0.474. The highest BCUT2D eigenvalue weighted by Crippen LogP contribution is 2.20. The van der Waals surface area contributed by atoms with Crippen molar-refractivity contribution in [3.05, 3.63) is 36.0 Å². The van der Waals surface area contributed by atoms with E-state index in [2.05, 4.69) is 10.3 Å². The second-order valence-electron chi connectivity index (χ2n) is 6.53. The van der Waals surface area contributed by atoms with E-state index >= 15 is 0 Å². The van der Waals surface area contributed by atoms with Crippen molar-refractivity contribution in [1.82, 2.24) is 15.2 Å². The van der Waals surface area contributed by atoms with Crippen LogP contribution in [0.15, 0.2) is 30.5 Å². The van der Waals surface area contributed by atoms with Gasteiger partial charge >= 0.3 is 11.8 Å². The summed E-state index contributed by atoms with van der Waals surface area (Å²) >= 11 is 0. The second-order valence-corrected chi connectivity index (χ2v) is 6.53. The van der Waals surface area contributed by atoms with Crippen molar-refractivity contribution in [3.8, 4) is 0 Å². The van der Waals surface area contributed by atoms with E-state index in [-0.39, 0.29) is 12.6 Å². The number of para-hydroxylation sites is 1. The first-order valence-electron chi connectivity index (χ1n) is 8.95. The number of rotatable bonds is 5. The highest BCUT2D eigenvalue weighted by Gasteiger charge is 2.30. The van der Waals surface area contributed by atoms with Crippen LogP contribution in [-0.4, -0.2) is 52.5 Å². The molecule has 1 saturated heterocycles. The summed E-state index contributed by atoms with van der Waals surface area (Å²) in [6.45, 7) is 1.06. The minimum atomic E-state index is -0.551. The van der Waals surface area contributed by atoms with Gasteiger partial charge in [0.1, 0.15) is 0 Å². The number of benzene rings is 1. The van der Waals surface area contributed by atoms with Gasteiger partial charge in [0.25, 0.3) is 0 Å². The third kappa shape index (κ3) is 4.02. The molecule has 1 aromatic carbocycles. The fourth-order valence-electron chi connectivity index (χ4n) is 3.57. The summed E-state index contributed by atoms with van der Waals surface area (Å²) in [5, 5.41) is 13.0. The van der Waals surface area contributed by atoms with Gasteiger partial charge in [0.05, 0.1) is 0 Å². The number of H-pyrrole nitrogens is 1. The summed E-state index contributed by atoms with van der Waals surface area (Å²) in [4.78, 5) is 29.5. The number of carbonyl (C=O) groups is 2. The van der Waals surface area contributed by atoms with Crippen molar-refractivity contribution in [3.63, 3.8) is 0 Å². The van der Waals surface area contributed by atoms with Crippen LogP contribution >= 0.6 is 0 Å². The minimum Gasteiger partial charge on any atom is -0.396 e. The molecule has 134 valence electrons. The van der Waals surface area contributed by atoms with Crippen LogP contribution in [0.3, 0.4) is 0 Å². The van der Waals surface area contributed by atoms with Crippen LogP contribution in [0.1, 0.15) is 31.2 Å². The number of aliphatic hydroxyl groups is 1. The molecule has 3 N–H and O–H groups in total. The Hall–Kier alpha value is -2.34. The highest BCUT2D eigenvalue weighted by molar-refractivity contribution is 6.35. The maximum absolute atomic E-state index is 12.4. The molecule has 1 atom stereocenters. The zero-order valence-corrected chi connectivity index (χ0v) is 14.3. The Bertz CT molecular complexity index is 738. The number of aliphatic hydroxyl groups excluding tert-OH is 1. The number of aromatic nitrogens is 1. The molecule has 1 aliphatic heterocycles. The SMILES string of the molecule is O=C(NCCc1c[nH]c2ccccc12)C(=O)N1CCCCC1CCO. The number of fused-ring (bicyclic) bond motifs is 1.